The topological polar surface area (TPSA) is 9.72 Å². The molecule has 0 aliphatic carbocycles. The molecule has 2 aliphatic rings. The van der Waals surface area contributed by atoms with E-state index in [0.29, 0.717) is 6.04 Å². The molecule has 2 bridgehead atoms. The first-order valence-corrected chi connectivity index (χ1v) is 7.80. The molecule has 3 heteroatoms. The molecule has 2 heterocycles. The van der Waals surface area contributed by atoms with Crippen LogP contribution in [-0.4, -0.2) is 72.6 Å². The molecule has 2 rings (SSSR count). The van der Waals surface area contributed by atoms with E-state index in [1.54, 1.807) is 0 Å². The van der Waals surface area contributed by atoms with Crippen molar-refractivity contribution in [3.8, 4) is 0 Å². The molecular weight excluding hydrogens is 222 g/mol. The van der Waals surface area contributed by atoms with Crippen LogP contribution in [0.3, 0.4) is 0 Å². The largest absolute Gasteiger partial charge is 0.304 e. The summed E-state index contributed by atoms with van der Waals surface area (Å²) in [5.41, 5.74) is 0. The second-order valence-corrected chi connectivity index (χ2v) is 6.40. The Hall–Kier alpha value is -0.120. The summed E-state index contributed by atoms with van der Waals surface area (Å²) in [5.74, 6) is 0. The lowest BCUT2D eigenvalue weighted by atomic mass is 10.1. The van der Waals surface area contributed by atoms with Crippen molar-refractivity contribution in [1.82, 2.24) is 14.7 Å². The fourth-order valence-corrected chi connectivity index (χ4v) is 3.46. The zero-order valence-corrected chi connectivity index (χ0v) is 12.7. The van der Waals surface area contributed by atoms with Crippen LogP contribution in [0.15, 0.2) is 0 Å². The van der Waals surface area contributed by atoms with Crippen LogP contribution in [0.25, 0.3) is 0 Å². The lowest BCUT2D eigenvalue weighted by Crippen LogP contribution is -2.53. The summed E-state index contributed by atoms with van der Waals surface area (Å²) in [6.07, 6.45) is 4.19. The normalized spacial score (nSPS) is 29.7. The molecule has 0 aromatic heterocycles. The van der Waals surface area contributed by atoms with E-state index in [9.17, 15) is 0 Å². The van der Waals surface area contributed by atoms with Gasteiger partial charge in [-0.05, 0) is 53.2 Å². The quantitative estimate of drug-likeness (QED) is 0.716. The van der Waals surface area contributed by atoms with Crippen LogP contribution in [0.4, 0.5) is 0 Å². The van der Waals surface area contributed by atoms with Crippen molar-refractivity contribution < 1.29 is 0 Å². The van der Waals surface area contributed by atoms with Crippen molar-refractivity contribution in [3.05, 3.63) is 0 Å². The van der Waals surface area contributed by atoms with E-state index >= 15 is 0 Å². The van der Waals surface area contributed by atoms with Crippen LogP contribution < -0.4 is 0 Å². The second kappa shape index (κ2) is 6.36. The molecular formula is C15H31N3. The fraction of sp³-hybridized carbons (Fsp3) is 1.00. The lowest BCUT2D eigenvalue weighted by molar-refractivity contribution is 0.0665. The van der Waals surface area contributed by atoms with Gasteiger partial charge >= 0.3 is 0 Å². The number of rotatable bonds is 6. The number of likely N-dealkylation sites (tertiary alicyclic amines) is 1. The fourth-order valence-electron chi connectivity index (χ4n) is 3.46. The smallest absolute Gasteiger partial charge is 0.0227 e. The van der Waals surface area contributed by atoms with Crippen LogP contribution >= 0.6 is 0 Å². The molecule has 2 atom stereocenters. The number of nitrogens with zero attached hydrogens (tertiary/aromatic N) is 3. The van der Waals surface area contributed by atoms with Crippen molar-refractivity contribution in [2.24, 2.45) is 0 Å². The van der Waals surface area contributed by atoms with Gasteiger partial charge in [0.2, 0.25) is 0 Å². The Balaban J connectivity index is 1.74. The minimum Gasteiger partial charge on any atom is -0.304 e. The Labute approximate surface area is 113 Å². The van der Waals surface area contributed by atoms with E-state index in [4.69, 9.17) is 0 Å². The molecule has 106 valence electrons. The molecule has 2 fully saturated rings. The minimum atomic E-state index is 0.679. The zero-order chi connectivity index (χ0) is 13.1. The van der Waals surface area contributed by atoms with E-state index < -0.39 is 0 Å². The zero-order valence-electron chi connectivity index (χ0n) is 12.7. The van der Waals surface area contributed by atoms with Gasteiger partial charge in [-0.15, -0.1) is 0 Å². The lowest BCUT2D eigenvalue weighted by Gasteiger charge is -2.41. The highest BCUT2D eigenvalue weighted by Crippen LogP contribution is 2.29. The van der Waals surface area contributed by atoms with Gasteiger partial charge in [0.25, 0.3) is 0 Å². The Morgan fingerprint density at radius 3 is 2.28 bits per heavy atom. The molecule has 0 aromatic carbocycles. The van der Waals surface area contributed by atoms with Gasteiger partial charge in [-0.2, -0.15) is 0 Å². The highest BCUT2D eigenvalue weighted by Gasteiger charge is 2.38. The predicted molar refractivity (Wildman–Crippen MR) is 78.0 cm³/mol. The summed E-state index contributed by atoms with van der Waals surface area (Å²) >= 11 is 0. The molecule has 0 aromatic rings. The van der Waals surface area contributed by atoms with Crippen molar-refractivity contribution in [2.45, 2.75) is 58.2 Å². The Kier molecular flexibility index (Phi) is 5.05. The summed E-state index contributed by atoms with van der Waals surface area (Å²) in [6, 6.07) is 2.39. The van der Waals surface area contributed by atoms with Crippen LogP contribution in [0, 0.1) is 0 Å². The molecule has 0 saturated carbocycles. The summed E-state index contributed by atoms with van der Waals surface area (Å²) in [4.78, 5) is 7.91. The Morgan fingerprint density at radius 2 is 1.78 bits per heavy atom. The van der Waals surface area contributed by atoms with Gasteiger partial charge in [0.1, 0.15) is 0 Å². The molecule has 3 nitrogen and oxygen atoms in total. The van der Waals surface area contributed by atoms with Crippen molar-refractivity contribution >= 4 is 0 Å². The monoisotopic (exact) mass is 253 g/mol. The van der Waals surface area contributed by atoms with Crippen molar-refractivity contribution in [3.63, 3.8) is 0 Å². The first-order valence-electron chi connectivity index (χ1n) is 7.80. The summed E-state index contributed by atoms with van der Waals surface area (Å²) < 4.78 is 0. The Bertz CT molecular complexity index is 240. The number of piperazine rings is 1. The second-order valence-electron chi connectivity index (χ2n) is 6.40. The van der Waals surface area contributed by atoms with Gasteiger partial charge in [0.15, 0.2) is 0 Å². The van der Waals surface area contributed by atoms with E-state index in [1.807, 2.05) is 0 Å². The van der Waals surface area contributed by atoms with Gasteiger partial charge in [-0.1, -0.05) is 6.92 Å². The molecule has 18 heavy (non-hydrogen) atoms. The number of hydrogen-bond donors (Lipinski definition) is 0. The average molecular weight is 253 g/mol. The number of hydrogen-bond acceptors (Lipinski definition) is 3. The number of likely N-dealkylation sites (N-methyl/N-ethyl adjacent to an activating group) is 1. The predicted octanol–water partition coefficient (Wildman–Crippen LogP) is 1.89. The van der Waals surface area contributed by atoms with Gasteiger partial charge in [-0.3, -0.25) is 4.90 Å². The van der Waals surface area contributed by atoms with Crippen LogP contribution in [0.2, 0.25) is 0 Å². The van der Waals surface area contributed by atoms with E-state index in [1.165, 1.54) is 52.0 Å². The first kappa shape index (κ1) is 14.3. The third-order valence-electron chi connectivity index (χ3n) is 4.96. The molecule has 2 saturated heterocycles. The highest BCUT2D eigenvalue weighted by molar-refractivity contribution is 4.95. The third-order valence-corrected chi connectivity index (χ3v) is 4.96. The number of fused-ring (bicyclic) bond motifs is 2. The molecule has 0 radical (unpaired) electrons. The van der Waals surface area contributed by atoms with Gasteiger partial charge < -0.3 is 9.80 Å². The van der Waals surface area contributed by atoms with Crippen LogP contribution in [0.5, 0.6) is 0 Å². The molecule has 2 unspecified atom stereocenters. The maximum absolute atomic E-state index is 2.81. The van der Waals surface area contributed by atoms with Crippen LogP contribution in [-0.2, 0) is 0 Å². The standard InChI is InChI=1S/C15H31N3/c1-5-17-11-14-7-8-15(12-17)18(14)10-6-9-16(4)13(2)3/h13-15H,5-12H2,1-4H3. The molecule has 0 N–H and O–H groups in total. The maximum atomic E-state index is 2.81. The summed E-state index contributed by atoms with van der Waals surface area (Å²) in [5, 5.41) is 0. The molecule has 2 aliphatic heterocycles. The van der Waals surface area contributed by atoms with Crippen molar-refractivity contribution in [2.75, 3.05) is 39.8 Å². The van der Waals surface area contributed by atoms with Gasteiger partial charge in [-0.25, -0.2) is 0 Å². The highest BCUT2D eigenvalue weighted by atomic mass is 15.3. The first-order chi connectivity index (χ1) is 8.61. The SMILES string of the molecule is CCN1CC2CCC(C1)N2CCCN(C)C(C)C. The summed E-state index contributed by atoms with van der Waals surface area (Å²) in [7, 11) is 2.24. The van der Waals surface area contributed by atoms with E-state index in [2.05, 4.69) is 42.5 Å². The maximum Gasteiger partial charge on any atom is 0.0227 e. The van der Waals surface area contributed by atoms with E-state index in [0.717, 1.165) is 12.1 Å². The summed E-state index contributed by atoms with van der Waals surface area (Å²) in [6.45, 7) is 13.3. The Morgan fingerprint density at radius 1 is 1.17 bits per heavy atom. The average Bonchev–Trinajstić information content (AvgIpc) is 2.60. The molecule has 0 amide bonds. The third kappa shape index (κ3) is 3.25. The van der Waals surface area contributed by atoms with Gasteiger partial charge in [0.05, 0.1) is 0 Å². The van der Waals surface area contributed by atoms with Crippen molar-refractivity contribution in [1.29, 1.82) is 0 Å². The minimum absolute atomic E-state index is 0.679. The van der Waals surface area contributed by atoms with Crippen LogP contribution in [0.1, 0.15) is 40.0 Å². The van der Waals surface area contributed by atoms with Gasteiger partial charge in [0, 0.05) is 37.8 Å². The molecule has 0 spiro atoms. The van der Waals surface area contributed by atoms with E-state index in [-0.39, 0.29) is 0 Å².